The summed E-state index contributed by atoms with van der Waals surface area (Å²) in [5, 5.41) is 18.1. The van der Waals surface area contributed by atoms with Crippen molar-refractivity contribution >= 4 is 23.6 Å². The summed E-state index contributed by atoms with van der Waals surface area (Å²) in [5.74, 6) is -1.87. The van der Waals surface area contributed by atoms with Crippen molar-refractivity contribution in [2.75, 3.05) is 27.7 Å². The Labute approximate surface area is 209 Å². The van der Waals surface area contributed by atoms with Crippen LogP contribution in [0, 0.1) is 12.8 Å². The Bertz CT molecular complexity index is 1100. The Balaban J connectivity index is 2.17. The number of rotatable bonds is 13. The molecule has 0 bridgehead atoms. The summed E-state index contributed by atoms with van der Waals surface area (Å²) in [6.45, 7) is 5.12. The van der Waals surface area contributed by atoms with Gasteiger partial charge < -0.3 is 29.9 Å². The van der Waals surface area contributed by atoms with Gasteiger partial charge in [0.15, 0.2) is 11.6 Å². The van der Waals surface area contributed by atoms with Gasteiger partial charge in [0.2, 0.25) is 11.8 Å². The van der Waals surface area contributed by atoms with Crippen LogP contribution in [-0.2, 0) is 25.6 Å². The lowest BCUT2D eigenvalue weighted by Gasteiger charge is -2.25. The van der Waals surface area contributed by atoms with E-state index in [0.29, 0.717) is 28.6 Å². The maximum absolute atomic E-state index is 13.0. The van der Waals surface area contributed by atoms with E-state index >= 15 is 0 Å². The minimum absolute atomic E-state index is 0.0351. The second-order valence-electron chi connectivity index (χ2n) is 9.00. The molecule has 2 amide bonds. The molecule has 2 aromatic rings. The van der Waals surface area contributed by atoms with Crippen molar-refractivity contribution in [1.29, 1.82) is 0 Å². The van der Waals surface area contributed by atoms with Crippen molar-refractivity contribution in [1.82, 2.24) is 25.7 Å². The number of carbonyl (C=O) groups is 4. The predicted molar refractivity (Wildman–Crippen MR) is 129 cm³/mol. The van der Waals surface area contributed by atoms with Gasteiger partial charge in [0, 0.05) is 11.1 Å². The second kappa shape index (κ2) is 12.8. The maximum Gasteiger partial charge on any atom is 0.305 e. The lowest BCUT2D eigenvalue weighted by atomic mass is 10.0. The number of aryl methyl sites for hydroxylation is 1. The molecule has 12 nitrogen and oxygen atoms in total. The molecular weight excluding hydrogens is 470 g/mol. The largest absolute Gasteiger partial charge is 0.496 e. The van der Waals surface area contributed by atoms with Crippen molar-refractivity contribution in [3.8, 4) is 17.2 Å². The van der Waals surface area contributed by atoms with Crippen LogP contribution in [0.2, 0.25) is 0 Å². The number of hydrogen-bond acceptors (Lipinski definition) is 9. The first-order valence-electron chi connectivity index (χ1n) is 11.4. The van der Waals surface area contributed by atoms with E-state index in [2.05, 4.69) is 20.8 Å². The number of carboxylic acid groups (broad SMARTS) is 1. The summed E-state index contributed by atoms with van der Waals surface area (Å²) >= 11 is 0. The quantitative estimate of drug-likeness (QED) is 0.356. The molecule has 12 heteroatoms. The zero-order chi connectivity index (χ0) is 27.0. The van der Waals surface area contributed by atoms with Gasteiger partial charge in [0.05, 0.1) is 32.5 Å². The topological polar surface area (TPSA) is 164 Å². The fraction of sp³-hybridized carbons (Fsp3) is 0.500. The number of aromatic nitrogens is 2. The molecule has 0 aliphatic rings. The number of carboxylic acids is 1. The van der Waals surface area contributed by atoms with Gasteiger partial charge >= 0.3 is 5.97 Å². The van der Waals surface area contributed by atoms with Crippen molar-refractivity contribution < 1.29 is 33.5 Å². The number of nitrogens with one attached hydrogen (secondary N) is 2. The SMILES string of the molecule is COc1ccc(-c2nc(C)no2)cc1CC(=O)NC(C(=O)NC(CC(=O)O)C(=O)CN(C)C)C(C)C. The lowest BCUT2D eigenvalue weighted by Crippen LogP contribution is -2.55. The molecule has 2 unspecified atom stereocenters. The molecule has 0 fully saturated rings. The molecular formula is C24H33N5O7. The first kappa shape index (κ1) is 28.4. The molecule has 2 atom stereocenters. The van der Waals surface area contributed by atoms with E-state index in [-0.39, 0.29) is 18.9 Å². The number of hydrogen-bond donors (Lipinski definition) is 3. The van der Waals surface area contributed by atoms with Gasteiger partial charge in [-0.15, -0.1) is 0 Å². The van der Waals surface area contributed by atoms with Crippen LogP contribution >= 0.6 is 0 Å². The molecule has 0 aliphatic heterocycles. The van der Waals surface area contributed by atoms with Crippen LogP contribution in [0.15, 0.2) is 22.7 Å². The summed E-state index contributed by atoms with van der Waals surface area (Å²) in [6, 6.07) is 2.89. The number of ketones is 1. The first-order valence-corrected chi connectivity index (χ1v) is 11.4. The van der Waals surface area contributed by atoms with E-state index in [9.17, 15) is 24.3 Å². The van der Waals surface area contributed by atoms with Crippen LogP contribution in [0.5, 0.6) is 5.75 Å². The van der Waals surface area contributed by atoms with Crippen molar-refractivity contribution in [2.24, 2.45) is 5.92 Å². The van der Waals surface area contributed by atoms with Crippen LogP contribution in [0.25, 0.3) is 11.5 Å². The van der Waals surface area contributed by atoms with Crippen LogP contribution in [0.3, 0.4) is 0 Å². The van der Waals surface area contributed by atoms with Gasteiger partial charge in [-0.05, 0) is 45.1 Å². The maximum atomic E-state index is 13.0. The number of amides is 2. The van der Waals surface area contributed by atoms with Gasteiger partial charge in [-0.3, -0.25) is 19.2 Å². The normalized spacial score (nSPS) is 12.8. The third-order valence-electron chi connectivity index (χ3n) is 5.23. The molecule has 196 valence electrons. The monoisotopic (exact) mass is 503 g/mol. The number of benzene rings is 1. The predicted octanol–water partition coefficient (Wildman–Crippen LogP) is 0.827. The molecule has 1 aromatic heterocycles. The van der Waals surface area contributed by atoms with Gasteiger partial charge in [-0.25, -0.2) is 0 Å². The van der Waals surface area contributed by atoms with Gasteiger partial charge in [0.1, 0.15) is 11.8 Å². The smallest absolute Gasteiger partial charge is 0.305 e. The molecule has 0 radical (unpaired) electrons. The summed E-state index contributed by atoms with van der Waals surface area (Å²) in [4.78, 5) is 55.4. The van der Waals surface area contributed by atoms with Crippen LogP contribution in [-0.4, -0.2) is 83.5 Å². The highest BCUT2D eigenvalue weighted by Crippen LogP contribution is 2.26. The number of ether oxygens (including phenoxy) is 1. The van der Waals surface area contributed by atoms with E-state index < -0.39 is 42.1 Å². The number of likely N-dealkylation sites (N-methyl/N-ethyl adjacent to an activating group) is 1. The zero-order valence-corrected chi connectivity index (χ0v) is 21.3. The second-order valence-corrected chi connectivity index (χ2v) is 9.00. The Kier molecular flexibility index (Phi) is 10.1. The third kappa shape index (κ3) is 8.15. The highest BCUT2D eigenvalue weighted by atomic mass is 16.5. The fourth-order valence-electron chi connectivity index (χ4n) is 3.50. The molecule has 1 aromatic carbocycles. The molecule has 0 saturated carbocycles. The minimum atomic E-state index is -1.22. The zero-order valence-electron chi connectivity index (χ0n) is 21.3. The van der Waals surface area contributed by atoms with E-state index in [0.717, 1.165) is 0 Å². The van der Waals surface area contributed by atoms with E-state index in [4.69, 9.17) is 9.26 Å². The Morgan fingerprint density at radius 2 is 1.86 bits per heavy atom. The molecule has 1 heterocycles. The third-order valence-corrected chi connectivity index (χ3v) is 5.23. The highest BCUT2D eigenvalue weighted by Gasteiger charge is 2.30. The molecule has 2 rings (SSSR count). The molecule has 0 spiro atoms. The Hall–Kier alpha value is -3.80. The van der Waals surface area contributed by atoms with E-state index in [1.54, 1.807) is 58.0 Å². The summed E-state index contributed by atoms with van der Waals surface area (Å²) in [6.07, 6.45) is -0.672. The lowest BCUT2D eigenvalue weighted by molar-refractivity contribution is -0.140. The van der Waals surface area contributed by atoms with Gasteiger partial charge in [-0.1, -0.05) is 19.0 Å². The number of nitrogens with zero attached hydrogens (tertiary/aromatic N) is 3. The van der Waals surface area contributed by atoms with Gasteiger partial charge in [-0.2, -0.15) is 4.98 Å². The van der Waals surface area contributed by atoms with Crippen LogP contribution < -0.4 is 15.4 Å². The number of Topliss-reactive ketones (excluding diaryl/α,β-unsaturated/α-hetero) is 1. The van der Waals surface area contributed by atoms with Crippen molar-refractivity contribution in [2.45, 2.75) is 45.7 Å². The minimum Gasteiger partial charge on any atom is -0.496 e. The number of methoxy groups -OCH3 is 1. The average molecular weight is 504 g/mol. The Morgan fingerprint density at radius 3 is 2.39 bits per heavy atom. The van der Waals surface area contributed by atoms with Gasteiger partial charge in [0.25, 0.3) is 5.89 Å². The average Bonchev–Trinajstić information content (AvgIpc) is 3.22. The Morgan fingerprint density at radius 1 is 1.17 bits per heavy atom. The number of carbonyl (C=O) groups excluding carboxylic acids is 3. The van der Waals surface area contributed by atoms with E-state index in [1.807, 2.05) is 0 Å². The summed E-state index contributed by atoms with van der Waals surface area (Å²) in [5.41, 5.74) is 1.14. The molecule has 3 N–H and O–H groups in total. The van der Waals surface area contributed by atoms with Crippen LogP contribution in [0.4, 0.5) is 0 Å². The van der Waals surface area contributed by atoms with Crippen LogP contribution in [0.1, 0.15) is 31.7 Å². The molecule has 0 aliphatic carbocycles. The van der Waals surface area contributed by atoms with Crippen molar-refractivity contribution in [3.05, 3.63) is 29.6 Å². The fourth-order valence-corrected chi connectivity index (χ4v) is 3.50. The highest BCUT2D eigenvalue weighted by molar-refractivity contribution is 5.95. The molecule has 0 saturated heterocycles. The first-order chi connectivity index (χ1) is 16.9. The molecule has 36 heavy (non-hydrogen) atoms. The van der Waals surface area contributed by atoms with E-state index in [1.165, 1.54) is 7.11 Å². The summed E-state index contributed by atoms with van der Waals surface area (Å²) in [7, 11) is 4.81. The van der Waals surface area contributed by atoms with Crippen molar-refractivity contribution in [3.63, 3.8) is 0 Å². The summed E-state index contributed by atoms with van der Waals surface area (Å²) < 4.78 is 10.6. The number of aliphatic carboxylic acids is 1. The standard InChI is InChI=1S/C24H33N5O7/c1-13(2)22(23(34)26-17(11-21(32)33)18(30)12-29(4)5)27-20(31)10-16-9-15(7-8-19(16)35-6)24-25-14(3)28-36-24/h7-9,13,17,22H,10-12H2,1-6H3,(H,26,34)(H,27,31)(H,32,33).